The molecule has 2 heterocycles. The van der Waals surface area contributed by atoms with Gasteiger partial charge in [-0.15, -0.1) is 0 Å². The summed E-state index contributed by atoms with van der Waals surface area (Å²) in [5.41, 5.74) is -1.32. The molecule has 0 aliphatic carbocycles. The van der Waals surface area contributed by atoms with Crippen LogP contribution in [0.5, 0.6) is 11.5 Å². The second-order valence-electron chi connectivity index (χ2n) is 11.6. The van der Waals surface area contributed by atoms with Crippen LogP contribution in [0, 0.1) is 0 Å². The Morgan fingerprint density at radius 1 is 0.640 bits per heavy atom. The fourth-order valence-corrected chi connectivity index (χ4v) is 6.04. The van der Waals surface area contributed by atoms with E-state index in [9.17, 15) is 35.9 Å². The van der Waals surface area contributed by atoms with Crippen LogP contribution in [-0.4, -0.2) is 70.5 Å². The van der Waals surface area contributed by atoms with Crippen LogP contribution in [0.15, 0.2) is 72.8 Å². The molecule has 0 N–H and O–H groups in total. The van der Waals surface area contributed by atoms with Crippen LogP contribution >= 0.6 is 0 Å². The van der Waals surface area contributed by atoms with Gasteiger partial charge in [0.05, 0.1) is 61.1 Å². The summed E-state index contributed by atoms with van der Waals surface area (Å²) in [7, 11) is 2.00. The van der Waals surface area contributed by atoms with E-state index in [0.29, 0.717) is 73.4 Å². The number of alkyl halides is 6. The van der Waals surface area contributed by atoms with E-state index < -0.39 is 46.5 Å². The van der Waals surface area contributed by atoms with Gasteiger partial charge in [-0.3, -0.25) is 4.90 Å². The topological polar surface area (TPSA) is 77.5 Å². The molecule has 2 aliphatic heterocycles. The number of morpholine rings is 1. The number of hydrogen-bond acceptors (Lipinski definition) is 8. The van der Waals surface area contributed by atoms with Gasteiger partial charge in [-0.2, -0.15) is 26.3 Å². The van der Waals surface area contributed by atoms with Crippen LogP contribution in [0.3, 0.4) is 0 Å². The normalized spacial score (nSPS) is 14.8. The van der Waals surface area contributed by atoms with Crippen molar-refractivity contribution < 1.29 is 54.9 Å². The summed E-state index contributed by atoms with van der Waals surface area (Å²) < 4.78 is 105. The second-order valence-corrected chi connectivity index (χ2v) is 11.6. The molecule has 14 heteroatoms. The summed E-state index contributed by atoms with van der Waals surface area (Å²) in [6.45, 7) is 3.43. The van der Waals surface area contributed by atoms with Gasteiger partial charge in [0.2, 0.25) is 0 Å². The molecule has 262 valence electrons. The number of ether oxygens (including phenoxy) is 4. The highest BCUT2D eigenvalue weighted by Crippen LogP contribution is 2.49. The van der Waals surface area contributed by atoms with Gasteiger partial charge in [0, 0.05) is 26.2 Å². The maximum atomic E-state index is 14.0. The minimum Gasteiger partial charge on any atom is -0.465 e. The first-order valence-corrected chi connectivity index (χ1v) is 15.4. The molecular formula is C36H30F6N2O6. The number of rotatable bonds is 7. The van der Waals surface area contributed by atoms with E-state index in [-0.39, 0.29) is 11.1 Å². The molecule has 0 amide bonds. The molecule has 1 fully saturated rings. The largest absolute Gasteiger partial charge is 0.465 e. The highest BCUT2D eigenvalue weighted by Gasteiger charge is 2.37. The molecule has 4 aromatic carbocycles. The minimum atomic E-state index is -4.84. The molecule has 6 rings (SSSR count). The summed E-state index contributed by atoms with van der Waals surface area (Å²) in [5, 5.41) is 0. The Morgan fingerprint density at radius 2 is 1.06 bits per heavy atom. The molecule has 0 unspecified atom stereocenters. The number of benzene rings is 4. The smallest absolute Gasteiger partial charge is 0.417 e. The predicted octanol–water partition coefficient (Wildman–Crippen LogP) is 8.21. The number of fused-ring (bicyclic) bond motifs is 2. The fourth-order valence-electron chi connectivity index (χ4n) is 6.04. The monoisotopic (exact) mass is 700 g/mol. The molecule has 0 bridgehead atoms. The Labute approximate surface area is 282 Å². The van der Waals surface area contributed by atoms with E-state index in [4.69, 9.17) is 9.47 Å². The molecule has 1 saturated heterocycles. The average Bonchev–Trinajstić information content (AvgIpc) is 3.11. The zero-order valence-corrected chi connectivity index (χ0v) is 26.8. The van der Waals surface area contributed by atoms with Gasteiger partial charge in [0.1, 0.15) is 0 Å². The first-order valence-electron chi connectivity index (χ1n) is 15.4. The second kappa shape index (κ2) is 13.7. The number of anilines is 2. The Bertz CT molecular complexity index is 1810. The molecule has 8 nitrogen and oxygen atoms in total. The summed E-state index contributed by atoms with van der Waals surface area (Å²) in [5.74, 6) is -1.40. The van der Waals surface area contributed by atoms with Crippen LogP contribution in [-0.2, 0) is 26.6 Å². The Kier molecular flexibility index (Phi) is 9.51. The van der Waals surface area contributed by atoms with Crippen molar-refractivity contribution in [3.63, 3.8) is 0 Å². The summed E-state index contributed by atoms with van der Waals surface area (Å²) in [4.78, 5) is 28.3. The van der Waals surface area contributed by atoms with Crippen molar-refractivity contribution in [2.24, 2.45) is 0 Å². The molecule has 0 radical (unpaired) electrons. The van der Waals surface area contributed by atoms with Crippen LogP contribution in [0.2, 0.25) is 0 Å². The molecule has 0 spiro atoms. The third kappa shape index (κ3) is 6.98. The minimum absolute atomic E-state index is 0.186. The predicted molar refractivity (Wildman–Crippen MR) is 171 cm³/mol. The fraction of sp³-hybridized carbons (Fsp3) is 0.278. The van der Waals surface area contributed by atoms with Crippen molar-refractivity contribution in [2.75, 3.05) is 58.5 Å². The quantitative estimate of drug-likeness (QED) is 0.141. The van der Waals surface area contributed by atoms with Crippen molar-refractivity contribution in [3.8, 4) is 33.8 Å². The number of esters is 2. The van der Waals surface area contributed by atoms with Gasteiger partial charge in [-0.1, -0.05) is 24.3 Å². The van der Waals surface area contributed by atoms with Gasteiger partial charge in [0.25, 0.3) is 0 Å². The molecule has 4 aromatic rings. The van der Waals surface area contributed by atoms with E-state index in [1.54, 1.807) is 36.4 Å². The van der Waals surface area contributed by atoms with Crippen LogP contribution in [0.25, 0.3) is 22.3 Å². The van der Waals surface area contributed by atoms with Gasteiger partial charge in [0.15, 0.2) is 11.5 Å². The average molecular weight is 701 g/mol. The lowest BCUT2D eigenvalue weighted by molar-refractivity contribution is -0.138. The lowest BCUT2D eigenvalue weighted by atomic mass is 9.96. The number of hydrogen-bond donors (Lipinski definition) is 0. The van der Waals surface area contributed by atoms with Crippen molar-refractivity contribution in [3.05, 3.63) is 95.1 Å². The Morgan fingerprint density at radius 3 is 1.48 bits per heavy atom. The van der Waals surface area contributed by atoms with Gasteiger partial charge >= 0.3 is 24.3 Å². The van der Waals surface area contributed by atoms with Crippen molar-refractivity contribution in [2.45, 2.75) is 12.4 Å². The van der Waals surface area contributed by atoms with Crippen molar-refractivity contribution in [1.82, 2.24) is 4.90 Å². The molecule has 2 aliphatic rings. The number of nitrogens with zero attached hydrogens (tertiary/aromatic N) is 2. The number of carbonyl (C=O) groups is 2. The Hall–Kier alpha value is -5.08. The molecular weight excluding hydrogens is 670 g/mol. The third-order valence-electron chi connectivity index (χ3n) is 8.59. The maximum absolute atomic E-state index is 14.0. The number of carbonyl (C=O) groups excluding carboxylic acids is 2. The van der Waals surface area contributed by atoms with E-state index in [1.165, 1.54) is 12.1 Å². The van der Waals surface area contributed by atoms with Crippen LogP contribution in [0.1, 0.15) is 31.8 Å². The third-order valence-corrected chi connectivity index (χ3v) is 8.59. The van der Waals surface area contributed by atoms with Crippen molar-refractivity contribution >= 4 is 23.3 Å². The first-order chi connectivity index (χ1) is 23.8. The standard InChI is InChI=1S/C36H30F6N2O6/c1-47-33(45)25-7-3-21(17-27(25)35(37,38)39)23-5-9-31-29(19-23)44(12-11-43-13-15-49-16-14-43)30-20-24(6-10-32(30)50-31)22-4-8-26(34(46)48-2)28(18-22)36(40,41)42/h3-10,17-20H,11-16H2,1-2H3. The maximum Gasteiger partial charge on any atom is 0.417 e. The van der Waals surface area contributed by atoms with Gasteiger partial charge in [-0.05, 0) is 70.8 Å². The first kappa shape index (κ1) is 34.8. The van der Waals surface area contributed by atoms with Crippen LogP contribution < -0.4 is 9.64 Å². The number of halogens is 6. The summed E-state index contributed by atoms with van der Waals surface area (Å²) in [6.07, 6.45) is -9.67. The lowest BCUT2D eigenvalue weighted by Gasteiger charge is -2.36. The van der Waals surface area contributed by atoms with E-state index in [0.717, 1.165) is 38.5 Å². The van der Waals surface area contributed by atoms with Crippen molar-refractivity contribution in [1.29, 1.82) is 0 Å². The molecule has 50 heavy (non-hydrogen) atoms. The van der Waals surface area contributed by atoms with Crippen LogP contribution in [0.4, 0.5) is 37.7 Å². The van der Waals surface area contributed by atoms with E-state index >= 15 is 0 Å². The summed E-state index contributed by atoms with van der Waals surface area (Å²) in [6, 6.07) is 16.5. The highest BCUT2D eigenvalue weighted by molar-refractivity contribution is 5.93. The number of methoxy groups -OCH3 is 2. The molecule has 0 aromatic heterocycles. The van der Waals surface area contributed by atoms with Gasteiger partial charge < -0.3 is 23.8 Å². The zero-order valence-electron chi connectivity index (χ0n) is 26.8. The zero-order chi connectivity index (χ0) is 35.8. The summed E-state index contributed by atoms with van der Waals surface area (Å²) >= 11 is 0. The van der Waals surface area contributed by atoms with Gasteiger partial charge in [-0.25, -0.2) is 9.59 Å². The molecule has 0 saturated carbocycles. The van der Waals surface area contributed by atoms with E-state index in [1.807, 2.05) is 4.90 Å². The highest BCUT2D eigenvalue weighted by atomic mass is 19.4. The molecule has 0 atom stereocenters. The lowest BCUT2D eigenvalue weighted by Crippen LogP contribution is -2.41. The van der Waals surface area contributed by atoms with E-state index in [2.05, 4.69) is 14.4 Å². The SMILES string of the molecule is COC(=O)c1ccc(-c2ccc3c(c2)N(CCN2CCOCC2)c2cc(-c4ccc(C(=O)OC)c(C(F)(F)F)c4)ccc2O3)cc1C(F)(F)F. The Balaban J connectivity index is 1.44.